The third kappa shape index (κ3) is 4.56. The lowest BCUT2D eigenvalue weighted by Crippen LogP contribution is -2.26. The molecular formula is C28H29FN6O2S. The zero-order chi connectivity index (χ0) is 27.2. The van der Waals surface area contributed by atoms with Gasteiger partial charge >= 0.3 is 0 Å². The monoisotopic (exact) mass is 532 g/mol. The summed E-state index contributed by atoms with van der Waals surface area (Å²) in [5.41, 5.74) is 10.4. The van der Waals surface area contributed by atoms with Crippen LogP contribution in [-0.4, -0.2) is 36.2 Å². The molecular weight excluding hydrogens is 503 g/mol. The van der Waals surface area contributed by atoms with Gasteiger partial charge in [-0.2, -0.15) is 4.36 Å². The van der Waals surface area contributed by atoms with E-state index in [9.17, 15) is 9.00 Å². The molecule has 1 aliphatic carbocycles. The predicted molar refractivity (Wildman–Crippen MR) is 151 cm³/mol. The molecule has 0 aliphatic heterocycles. The molecule has 0 saturated heterocycles. The van der Waals surface area contributed by atoms with E-state index < -0.39 is 15.5 Å². The molecule has 0 spiro atoms. The van der Waals surface area contributed by atoms with Crippen LogP contribution in [0.2, 0.25) is 0 Å². The van der Waals surface area contributed by atoms with Gasteiger partial charge in [0.2, 0.25) is 0 Å². The first kappa shape index (κ1) is 25.6. The number of benzene rings is 2. The van der Waals surface area contributed by atoms with Crippen LogP contribution in [0.4, 0.5) is 21.6 Å². The number of hydrogen-bond donors (Lipinski definition) is 2. The van der Waals surface area contributed by atoms with Crippen molar-refractivity contribution >= 4 is 43.9 Å². The maximum atomic E-state index is 15.6. The molecule has 1 aliphatic rings. The third-order valence-electron chi connectivity index (χ3n) is 6.98. The second-order valence-electron chi connectivity index (χ2n) is 9.72. The number of fused-ring (bicyclic) bond motifs is 1. The molecule has 38 heavy (non-hydrogen) atoms. The second-order valence-corrected chi connectivity index (χ2v) is 12.3. The normalized spacial score (nSPS) is 15.1. The average Bonchev–Trinajstić information content (AvgIpc) is 3.11. The number of nitrogens with two attached hydrogens (primary N) is 1. The van der Waals surface area contributed by atoms with Crippen LogP contribution in [0.3, 0.4) is 0 Å². The molecule has 1 amide bonds. The summed E-state index contributed by atoms with van der Waals surface area (Å²) < 4.78 is 34.9. The number of amides is 1. The second kappa shape index (κ2) is 9.68. The maximum Gasteiger partial charge on any atom is 0.250 e. The van der Waals surface area contributed by atoms with Gasteiger partial charge in [-0.05, 0) is 55.7 Å². The van der Waals surface area contributed by atoms with Gasteiger partial charge in [0.15, 0.2) is 0 Å². The van der Waals surface area contributed by atoms with Crippen molar-refractivity contribution < 1.29 is 13.4 Å². The Morgan fingerprint density at radius 2 is 1.92 bits per heavy atom. The minimum Gasteiger partial charge on any atom is -0.383 e. The summed E-state index contributed by atoms with van der Waals surface area (Å²) in [4.78, 5) is 20.6. The molecule has 2 heterocycles. The van der Waals surface area contributed by atoms with Crippen LogP contribution in [0.1, 0.15) is 26.2 Å². The van der Waals surface area contributed by atoms with Crippen LogP contribution < -0.4 is 11.1 Å². The molecule has 1 saturated carbocycles. The van der Waals surface area contributed by atoms with Crippen molar-refractivity contribution in [3.05, 3.63) is 66.8 Å². The Bertz CT molecular complexity index is 1710. The van der Waals surface area contributed by atoms with Crippen LogP contribution in [-0.2, 0) is 21.6 Å². The van der Waals surface area contributed by atoms with Gasteiger partial charge in [0, 0.05) is 40.9 Å². The number of nitrogens with one attached hydrogen (secondary N) is 1. The molecule has 4 aromatic rings. The number of hydrogen-bond acceptors (Lipinski definition) is 6. The number of anilines is 2. The van der Waals surface area contributed by atoms with E-state index in [1.54, 1.807) is 36.9 Å². The molecule has 1 fully saturated rings. The van der Waals surface area contributed by atoms with Crippen molar-refractivity contribution in [3.8, 4) is 22.4 Å². The van der Waals surface area contributed by atoms with Gasteiger partial charge in [-0.25, -0.2) is 18.6 Å². The maximum absolute atomic E-state index is 15.6. The summed E-state index contributed by atoms with van der Waals surface area (Å²) in [6, 6.07) is 11.9. The van der Waals surface area contributed by atoms with Crippen LogP contribution in [0.5, 0.6) is 0 Å². The van der Waals surface area contributed by atoms with E-state index in [0.717, 1.165) is 24.8 Å². The fourth-order valence-corrected chi connectivity index (χ4v) is 6.57. The molecule has 2 aromatic carbocycles. The number of carbonyl (C=O) groups excluding carboxylic acids is 1. The van der Waals surface area contributed by atoms with Crippen molar-refractivity contribution in [3.63, 3.8) is 0 Å². The molecule has 5 rings (SSSR count). The molecule has 2 aromatic heterocycles. The minimum absolute atomic E-state index is 0.134. The fourth-order valence-electron chi connectivity index (χ4n) is 4.68. The predicted octanol–water partition coefficient (Wildman–Crippen LogP) is 5.82. The van der Waals surface area contributed by atoms with Gasteiger partial charge in [-0.3, -0.25) is 4.79 Å². The van der Waals surface area contributed by atoms with Gasteiger partial charge < -0.3 is 15.6 Å². The lowest BCUT2D eigenvalue weighted by Gasteiger charge is -2.26. The molecule has 3 N–H and O–H groups in total. The van der Waals surface area contributed by atoms with Crippen LogP contribution in [0, 0.1) is 5.82 Å². The minimum atomic E-state index is -2.32. The smallest absolute Gasteiger partial charge is 0.250 e. The SMILES string of the molecule is C=C(C)C(=O)Nc1ccc(-c2c(-c3ccc(N=S(C)(=O)C4CCC4)cc3)c3c(N)ncnc3n2C)c(F)c1. The van der Waals surface area contributed by atoms with Crippen molar-refractivity contribution in [2.24, 2.45) is 11.4 Å². The Kier molecular flexibility index (Phi) is 6.52. The fraction of sp³-hybridized carbons (Fsp3) is 0.250. The molecule has 0 radical (unpaired) electrons. The standard InChI is InChI=1S/C28H29FN6O2S/c1-16(2)28(36)33-19-12-13-21(22(29)14-19)25-23(24-26(30)31-15-32-27(24)35(25)3)17-8-10-18(11-9-17)34-38(4,37)20-6-5-7-20/h8-15,20H,1,5-7H2,2-4H3,(H,33,36)(H2,30,31,32). The highest BCUT2D eigenvalue weighted by Gasteiger charge is 2.26. The zero-order valence-electron chi connectivity index (χ0n) is 21.5. The Morgan fingerprint density at radius 1 is 1.21 bits per heavy atom. The number of carbonyl (C=O) groups is 1. The van der Waals surface area contributed by atoms with Crippen molar-refractivity contribution in [2.45, 2.75) is 31.4 Å². The van der Waals surface area contributed by atoms with Crippen LogP contribution in [0.25, 0.3) is 33.4 Å². The molecule has 1 atom stereocenters. The van der Waals surface area contributed by atoms with Crippen molar-refractivity contribution in [2.75, 3.05) is 17.3 Å². The van der Waals surface area contributed by atoms with E-state index in [4.69, 9.17) is 5.73 Å². The van der Waals surface area contributed by atoms with E-state index in [1.165, 1.54) is 12.4 Å². The first-order chi connectivity index (χ1) is 18.1. The topological polar surface area (TPSA) is 115 Å². The molecule has 0 bridgehead atoms. The number of halogens is 1. The van der Waals surface area contributed by atoms with E-state index in [2.05, 4.69) is 26.2 Å². The Hall–Kier alpha value is -4.05. The van der Waals surface area contributed by atoms with Crippen molar-refractivity contribution in [1.82, 2.24) is 14.5 Å². The first-order valence-corrected chi connectivity index (χ1v) is 14.2. The Labute approximate surface area is 221 Å². The zero-order valence-corrected chi connectivity index (χ0v) is 22.3. The summed E-state index contributed by atoms with van der Waals surface area (Å²) in [5.74, 6) is -0.640. The number of aromatic nitrogens is 3. The van der Waals surface area contributed by atoms with Crippen molar-refractivity contribution in [1.29, 1.82) is 0 Å². The Morgan fingerprint density at radius 3 is 2.53 bits per heavy atom. The average molecular weight is 533 g/mol. The summed E-state index contributed by atoms with van der Waals surface area (Å²) in [7, 11) is -0.530. The summed E-state index contributed by atoms with van der Waals surface area (Å²) >= 11 is 0. The molecule has 10 heteroatoms. The third-order valence-corrected chi connectivity index (χ3v) is 9.26. The molecule has 8 nitrogen and oxygen atoms in total. The van der Waals surface area contributed by atoms with Gasteiger partial charge in [0.25, 0.3) is 5.91 Å². The summed E-state index contributed by atoms with van der Waals surface area (Å²) in [6.07, 6.45) is 6.07. The van der Waals surface area contributed by atoms with Gasteiger partial charge in [0.1, 0.15) is 23.6 Å². The lowest BCUT2D eigenvalue weighted by atomic mass is 9.98. The quantitative estimate of drug-likeness (QED) is 0.304. The highest BCUT2D eigenvalue weighted by Crippen LogP contribution is 2.43. The van der Waals surface area contributed by atoms with Crippen LogP contribution in [0.15, 0.2) is 65.3 Å². The largest absolute Gasteiger partial charge is 0.383 e. The van der Waals surface area contributed by atoms with Gasteiger partial charge in [-0.15, -0.1) is 0 Å². The molecule has 1 unspecified atom stereocenters. The lowest BCUT2D eigenvalue weighted by molar-refractivity contribution is -0.112. The first-order valence-electron chi connectivity index (χ1n) is 12.2. The number of nitrogen functional groups attached to an aromatic ring is 1. The number of aryl methyl sites for hydroxylation is 1. The molecule has 196 valence electrons. The number of nitrogens with zero attached hydrogens (tertiary/aromatic N) is 4. The van der Waals surface area contributed by atoms with E-state index >= 15 is 4.39 Å². The Balaban J connectivity index is 1.64. The highest BCUT2D eigenvalue weighted by molar-refractivity contribution is 7.93. The van der Waals surface area contributed by atoms with Gasteiger partial charge in [0.05, 0.1) is 26.5 Å². The van der Waals surface area contributed by atoms with E-state index in [0.29, 0.717) is 44.8 Å². The summed E-state index contributed by atoms with van der Waals surface area (Å²) in [5, 5.41) is 3.37. The highest BCUT2D eigenvalue weighted by atomic mass is 32.2. The van der Waals surface area contributed by atoms with Crippen LogP contribution >= 0.6 is 0 Å². The number of rotatable bonds is 6. The summed E-state index contributed by atoms with van der Waals surface area (Å²) in [6.45, 7) is 5.19. The van der Waals surface area contributed by atoms with Gasteiger partial charge in [-0.1, -0.05) is 25.1 Å². The van der Waals surface area contributed by atoms with E-state index in [-0.39, 0.29) is 17.0 Å². The van der Waals surface area contributed by atoms with E-state index in [1.807, 2.05) is 24.3 Å².